The average Bonchev–Trinajstić information content (AvgIpc) is 3.35. The van der Waals surface area contributed by atoms with Gasteiger partial charge in [0, 0.05) is 36.0 Å². The molecule has 9 nitrogen and oxygen atoms in total. The van der Waals surface area contributed by atoms with Gasteiger partial charge in [0.15, 0.2) is 5.78 Å². The summed E-state index contributed by atoms with van der Waals surface area (Å²) in [6, 6.07) is 7.50. The van der Waals surface area contributed by atoms with Crippen LogP contribution in [0.15, 0.2) is 48.1 Å². The Bertz CT molecular complexity index is 1270. The van der Waals surface area contributed by atoms with E-state index in [4.69, 9.17) is 5.21 Å². The molecule has 0 spiro atoms. The van der Waals surface area contributed by atoms with E-state index in [1.54, 1.807) is 25.5 Å². The van der Waals surface area contributed by atoms with E-state index >= 15 is 0 Å². The molecule has 3 heterocycles. The van der Waals surface area contributed by atoms with Crippen molar-refractivity contribution in [1.82, 2.24) is 24.5 Å². The predicted octanol–water partition coefficient (Wildman–Crippen LogP) is 3.83. The molecular formula is C21H21N7O2. The third-order valence-electron chi connectivity index (χ3n) is 4.69. The van der Waals surface area contributed by atoms with E-state index in [9.17, 15) is 4.79 Å². The van der Waals surface area contributed by atoms with Gasteiger partial charge in [0.05, 0.1) is 29.8 Å². The van der Waals surface area contributed by atoms with Crippen LogP contribution in [-0.4, -0.2) is 41.2 Å². The lowest BCUT2D eigenvalue weighted by molar-refractivity contribution is 0.0995. The van der Waals surface area contributed by atoms with Gasteiger partial charge in [-0.05, 0) is 43.7 Å². The number of benzene rings is 1. The number of anilines is 2. The normalized spacial score (nSPS) is 11.8. The Balaban J connectivity index is 1.62. The van der Waals surface area contributed by atoms with Gasteiger partial charge in [-0.15, -0.1) is 0 Å². The number of imidazole rings is 1. The fraction of sp³-hybridized carbons (Fsp3) is 0.190. The number of hydrogen-bond acceptors (Lipinski definition) is 7. The maximum atomic E-state index is 12.4. The van der Waals surface area contributed by atoms with Crippen LogP contribution in [0.3, 0.4) is 0 Å². The zero-order chi connectivity index (χ0) is 21.3. The molecule has 30 heavy (non-hydrogen) atoms. The molecule has 0 bridgehead atoms. The lowest BCUT2D eigenvalue weighted by Gasteiger charge is -2.07. The zero-order valence-corrected chi connectivity index (χ0v) is 16.8. The number of ketones is 1. The number of nitrogens with zero attached hydrogens (tertiary/aromatic N) is 5. The van der Waals surface area contributed by atoms with Crippen molar-refractivity contribution in [2.24, 2.45) is 12.2 Å². The minimum atomic E-state index is -0.137. The van der Waals surface area contributed by atoms with Crippen LogP contribution in [0.1, 0.15) is 29.4 Å². The van der Waals surface area contributed by atoms with Gasteiger partial charge in [-0.25, -0.2) is 15.0 Å². The topological polar surface area (TPSA) is 121 Å². The molecule has 0 fully saturated rings. The Morgan fingerprint density at radius 3 is 2.83 bits per heavy atom. The number of nitrogens with one attached hydrogen (secondary N) is 2. The standard InChI is InChI=1S/C21H21N7O2/c1-12-6-15(8-14-9-17(25-20(12)14)19(29)7-13(2)27-30)24-21-22-5-4-16(26-21)18-10-28(3)11-23-18/h4-6,8-11,25,30H,7H2,1-3H3,(H,22,24,26)/b27-13-. The van der Waals surface area contributed by atoms with E-state index in [1.807, 2.05) is 42.9 Å². The average molecular weight is 403 g/mol. The maximum Gasteiger partial charge on any atom is 0.227 e. The number of aryl methyl sites for hydroxylation is 2. The highest BCUT2D eigenvalue weighted by molar-refractivity contribution is 6.10. The number of hydrogen-bond donors (Lipinski definition) is 3. The fourth-order valence-electron chi connectivity index (χ4n) is 3.25. The van der Waals surface area contributed by atoms with E-state index in [0.717, 1.165) is 33.5 Å². The molecule has 3 aromatic heterocycles. The SMILES string of the molecule is C/C(CC(=O)c1cc2cc(Nc3nccc(-c4cn(C)cn4)n3)cc(C)c2[nH]1)=N/O. The molecule has 0 amide bonds. The molecule has 0 aliphatic heterocycles. The van der Waals surface area contributed by atoms with Crippen LogP contribution in [0.4, 0.5) is 11.6 Å². The molecular weight excluding hydrogens is 382 g/mol. The lowest BCUT2D eigenvalue weighted by Crippen LogP contribution is -2.05. The first kappa shape index (κ1) is 19.3. The van der Waals surface area contributed by atoms with Gasteiger partial charge in [0.25, 0.3) is 0 Å². The van der Waals surface area contributed by atoms with Gasteiger partial charge in [-0.2, -0.15) is 0 Å². The van der Waals surface area contributed by atoms with Gasteiger partial charge < -0.3 is 20.1 Å². The maximum absolute atomic E-state index is 12.4. The highest BCUT2D eigenvalue weighted by Crippen LogP contribution is 2.26. The highest BCUT2D eigenvalue weighted by atomic mass is 16.4. The number of aromatic nitrogens is 5. The minimum Gasteiger partial charge on any atom is -0.411 e. The van der Waals surface area contributed by atoms with Gasteiger partial charge in [0.1, 0.15) is 5.69 Å². The molecule has 0 radical (unpaired) electrons. The molecule has 0 saturated carbocycles. The van der Waals surface area contributed by atoms with Gasteiger partial charge in [0.2, 0.25) is 5.95 Å². The Labute approximate surface area is 172 Å². The molecule has 4 aromatic rings. The number of oxime groups is 1. The Hall–Kier alpha value is -4.01. The third kappa shape index (κ3) is 3.90. The van der Waals surface area contributed by atoms with Crippen molar-refractivity contribution < 1.29 is 10.0 Å². The summed E-state index contributed by atoms with van der Waals surface area (Å²) >= 11 is 0. The molecule has 0 aliphatic carbocycles. The third-order valence-corrected chi connectivity index (χ3v) is 4.69. The number of fused-ring (bicyclic) bond motifs is 1. The first-order valence-corrected chi connectivity index (χ1v) is 9.35. The second kappa shape index (κ2) is 7.78. The highest BCUT2D eigenvalue weighted by Gasteiger charge is 2.13. The van der Waals surface area contributed by atoms with Crippen LogP contribution in [0, 0.1) is 6.92 Å². The van der Waals surface area contributed by atoms with Crippen LogP contribution in [0.25, 0.3) is 22.3 Å². The Kier molecular flexibility index (Phi) is 5.01. The number of carbonyl (C=O) groups is 1. The Morgan fingerprint density at radius 1 is 1.27 bits per heavy atom. The molecule has 4 rings (SSSR count). The second-order valence-corrected chi connectivity index (χ2v) is 7.19. The summed E-state index contributed by atoms with van der Waals surface area (Å²) in [4.78, 5) is 28.7. The molecule has 0 atom stereocenters. The molecule has 9 heteroatoms. The molecule has 0 saturated heterocycles. The minimum absolute atomic E-state index is 0.0572. The van der Waals surface area contributed by atoms with E-state index < -0.39 is 0 Å². The van der Waals surface area contributed by atoms with Gasteiger partial charge in [-0.3, -0.25) is 4.79 Å². The van der Waals surface area contributed by atoms with Crippen molar-refractivity contribution in [3.8, 4) is 11.4 Å². The number of H-pyrrole nitrogens is 1. The van der Waals surface area contributed by atoms with Crippen LogP contribution in [0.2, 0.25) is 0 Å². The summed E-state index contributed by atoms with van der Waals surface area (Å²) in [6.07, 6.45) is 5.36. The van der Waals surface area contributed by atoms with Crippen LogP contribution < -0.4 is 5.32 Å². The summed E-state index contributed by atoms with van der Waals surface area (Å²) in [5.41, 5.74) is 4.99. The molecule has 152 valence electrons. The number of rotatable bonds is 6. The summed E-state index contributed by atoms with van der Waals surface area (Å²) in [7, 11) is 1.91. The smallest absolute Gasteiger partial charge is 0.227 e. The van der Waals surface area contributed by atoms with E-state index in [-0.39, 0.29) is 12.2 Å². The molecule has 3 N–H and O–H groups in total. The van der Waals surface area contributed by atoms with Gasteiger partial charge in [-0.1, -0.05) is 5.16 Å². The largest absolute Gasteiger partial charge is 0.411 e. The monoisotopic (exact) mass is 403 g/mol. The van der Waals surface area contributed by atoms with Crippen LogP contribution in [0.5, 0.6) is 0 Å². The predicted molar refractivity (Wildman–Crippen MR) is 114 cm³/mol. The number of Topliss-reactive ketones (excluding diaryl/α,β-unsaturated/α-hetero) is 1. The first-order valence-electron chi connectivity index (χ1n) is 9.35. The van der Waals surface area contributed by atoms with Gasteiger partial charge >= 0.3 is 0 Å². The molecule has 1 aromatic carbocycles. The second-order valence-electron chi connectivity index (χ2n) is 7.19. The first-order chi connectivity index (χ1) is 14.4. The van der Waals surface area contributed by atoms with Crippen molar-refractivity contribution in [1.29, 1.82) is 0 Å². The van der Waals surface area contributed by atoms with E-state index in [1.165, 1.54) is 0 Å². The summed E-state index contributed by atoms with van der Waals surface area (Å²) < 4.78 is 1.86. The lowest BCUT2D eigenvalue weighted by atomic mass is 10.1. The van der Waals surface area contributed by atoms with Crippen LogP contribution in [-0.2, 0) is 7.05 Å². The summed E-state index contributed by atoms with van der Waals surface area (Å²) in [6.45, 7) is 3.57. The van der Waals surface area contributed by atoms with Crippen molar-refractivity contribution in [3.05, 3.63) is 54.2 Å². The van der Waals surface area contributed by atoms with Crippen LogP contribution >= 0.6 is 0 Å². The Morgan fingerprint density at radius 2 is 2.10 bits per heavy atom. The van der Waals surface area contributed by atoms with Crippen molar-refractivity contribution in [2.75, 3.05) is 5.32 Å². The molecule has 0 aliphatic rings. The van der Waals surface area contributed by atoms with Crippen molar-refractivity contribution in [2.45, 2.75) is 20.3 Å². The van der Waals surface area contributed by atoms with E-state index in [2.05, 4.69) is 30.4 Å². The zero-order valence-electron chi connectivity index (χ0n) is 16.8. The molecule has 0 unspecified atom stereocenters. The summed E-state index contributed by atoms with van der Waals surface area (Å²) in [5, 5.41) is 16.0. The fourth-order valence-corrected chi connectivity index (χ4v) is 3.25. The quantitative estimate of drug-likeness (QED) is 0.195. The van der Waals surface area contributed by atoms with Crippen molar-refractivity contribution in [3.63, 3.8) is 0 Å². The van der Waals surface area contributed by atoms with E-state index in [0.29, 0.717) is 17.4 Å². The number of aromatic amines is 1. The van der Waals surface area contributed by atoms with Crippen molar-refractivity contribution >= 4 is 34.0 Å². The summed E-state index contributed by atoms with van der Waals surface area (Å²) in [5.74, 6) is 0.320. The number of carbonyl (C=O) groups excluding carboxylic acids is 1.